The first-order chi connectivity index (χ1) is 6.49. The standard InChI is InChI=1S/C12H16O2/c1-8(13)10-6-4-5-9-7-12(2,3)14-11(9)10/h4-6,8,13H,7H2,1-3H3. The van der Waals surface area contributed by atoms with Crippen LogP contribution in [0.15, 0.2) is 18.2 Å². The van der Waals surface area contributed by atoms with E-state index in [1.807, 2.05) is 12.1 Å². The van der Waals surface area contributed by atoms with Gasteiger partial charge < -0.3 is 9.84 Å². The fourth-order valence-corrected chi connectivity index (χ4v) is 1.97. The number of aliphatic hydroxyl groups is 1. The van der Waals surface area contributed by atoms with Crippen LogP contribution in [0.5, 0.6) is 5.75 Å². The second kappa shape index (κ2) is 2.99. The topological polar surface area (TPSA) is 29.5 Å². The summed E-state index contributed by atoms with van der Waals surface area (Å²) in [5, 5.41) is 9.58. The van der Waals surface area contributed by atoms with Gasteiger partial charge in [0.15, 0.2) is 0 Å². The first-order valence-electron chi connectivity index (χ1n) is 4.98. The minimum absolute atomic E-state index is 0.132. The van der Waals surface area contributed by atoms with E-state index in [0.29, 0.717) is 0 Å². The van der Waals surface area contributed by atoms with Crippen molar-refractivity contribution in [1.82, 2.24) is 0 Å². The van der Waals surface area contributed by atoms with E-state index in [9.17, 15) is 5.11 Å². The molecular formula is C12H16O2. The summed E-state index contributed by atoms with van der Waals surface area (Å²) in [6.45, 7) is 5.90. The van der Waals surface area contributed by atoms with Crippen LogP contribution in [0.1, 0.15) is 38.0 Å². The van der Waals surface area contributed by atoms with E-state index in [1.54, 1.807) is 6.92 Å². The van der Waals surface area contributed by atoms with Gasteiger partial charge in [-0.3, -0.25) is 0 Å². The van der Waals surface area contributed by atoms with Crippen LogP contribution in [0.4, 0.5) is 0 Å². The molecule has 1 heterocycles. The van der Waals surface area contributed by atoms with Gasteiger partial charge in [0.2, 0.25) is 0 Å². The van der Waals surface area contributed by atoms with Gasteiger partial charge in [0, 0.05) is 12.0 Å². The average Bonchev–Trinajstić information content (AvgIpc) is 2.36. The molecule has 1 atom stereocenters. The molecule has 1 N–H and O–H groups in total. The van der Waals surface area contributed by atoms with Gasteiger partial charge in [-0.25, -0.2) is 0 Å². The predicted octanol–water partition coefficient (Wildman–Crippen LogP) is 2.45. The minimum atomic E-state index is -0.459. The number of fused-ring (bicyclic) bond motifs is 1. The van der Waals surface area contributed by atoms with Crippen LogP contribution >= 0.6 is 0 Å². The van der Waals surface area contributed by atoms with Crippen LogP contribution in [0, 0.1) is 0 Å². The van der Waals surface area contributed by atoms with Crippen LogP contribution in [0.2, 0.25) is 0 Å². The summed E-state index contributed by atoms with van der Waals surface area (Å²) in [7, 11) is 0. The lowest BCUT2D eigenvalue weighted by atomic mass is 9.99. The van der Waals surface area contributed by atoms with Gasteiger partial charge in [0.05, 0.1) is 6.10 Å². The van der Waals surface area contributed by atoms with Gasteiger partial charge >= 0.3 is 0 Å². The third kappa shape index (κ3) is 1.50. The van der Waals surface area contributed by atoms with Crippen molar-refractivity contribution in [3.63, 3.8) is 0 Å². The van der Waals surface area contributed by atoms with E-state index in [-0.39, 0.29) is 5.60 Å². The highest BCUT2D eigenvalue weighted by Gasteiger charge is 2.32. The lowest BCUT2D eigenvalue weighted by Gasteiger charge is -2.18. The number of hydrogen-bond donors (Lipinski definition) is 1. The zero-order chi connectivity index (χ0) is 10.3. The van der Waals surface area contributed by atoms with E-state index in [2.05, 4.69) is 19.9 Å². The molecule has 0 saturated carbocycles. The molecule has 1 aromatic rings. The lowest BCUT2D eigenvalue weighted by molar-refractivity contribution is 0.129. The molecule has 0 aromatic heterocycles. The van der Waals surface area contributed by atoms with Crippen LogP contribution in [-0.4, -0.2) is 10.7 Å². The van der Waals surface area contributed by atoms with Gasteiger partial charge in [0.25, 0.3) is 0 Å². The Kier molecular flexibility index (Phi) is 2.04. The summed E-state index contributed by atoms with van der Waals surface area (Å²) in [6, 6.07) is 5.96. The minimum Gasteiger partial charge on any atom is -0.487 e. The lowest BCUT2D eigenvalue weighted by Crippen LogP contribution is -2.25. The fourth-order valence-electron chi connectivity index (χ4n) is 1.97. The quantitative estimate of drug-likeness (QED) is 0.740. The molecule has 2 rings (SSSR count). The van der Waals surface area contributed by atoms with E-state index in [4.69, 9.17) is 4.74 Å². The SMILES string of the molecule is CC(O)c1cccc2c1OC(C)(C)C2. The molecule has 1 unspecified atom stereocenters. The Hall–Kier alpha value is -1.02. The summed E-state index contributed by atoms with van der Waals surface area (Å²) < 4.78 is 5.83. The summed E-state index contributed by atoms with van der Waals surface area (Å²) in [5.41, 5.74) is 1.97. The molecule has 0 amide bonds. The van der Waals surface area contributed by atoms with Gasteiger partial charge in [-0.2, -0.15) is 0 Å². The number of hydrogen-bond acceptors (Lipinski definition) is 2. The van der Waals surface area contributed by atoms with Crippen molar-refractivity contribution in [2.24, 2.45) is 0 Å². The van der Waals surface area contributed by atoms with Crippen molar-refractivity contribution in [2.75, 3.05) is 0 Å². The number of benzene rings is 1. The Morgan fingerprint density at radius 1 is 1.43 bits per heavy atom. The van der Waals surface area contributed by atoms with Crippen LogP contribution in [0.25, 0.3) is 0 Å². The molecule has 2 nitrogen and oxygen atoms in total. The van der Waals surface area contributed by atoms with Crippen molar-refractivity contribution in [1.29, 1.82) is 0 Å². The molecule has 0 fully saturated rings. The molecule has 0 bridgehead atoms. The highest BCUT2D eigenvalue weighted by molar-refractivity contribution is 5.46. The van der Waals surface area contributed by atoms with E-state index in [1.165, 1.54) is 5.56 Å². The van der Waals surface area contributed by atoms with Crippen molar-refractivity contribution in [2.45, 2.75) is 38.9 Å². The number of ether oxygens (including phenoxy) is 1. The Morgan fingerprint density at radius 2 is 2.14 bits per heavy atom. The third-order valence-corrected chi connectivity index (χ3v) is 2.57. The van der Waals surface area contributed by atoms with E-state index in [0.717, 1.165) is 17.7 Å². The Morgan fingerprint density at radius 3 is 2.79 bits per heavy atom. The largest absolute Gasteiger partial charge is 0.487 e. The number of para-hydroxylation sites is 1. The van der Waals surface area contributed by atoms with E-state index >= 15 is 0 Å². The normalized spacial score (nSPS) is 20.0. The van der Waals surface area contributed by atoms with Crippen molar-refractivity contribution >= 4 is 0 Å². The Labute approximate surface area is 84.5 Å². The smallest absolute Gasteiger partial charge is 0.129 e. The first-order valence-corrected chi connectivity index (χ1v) is 4.98. The highest BCUT2D eigenvalue weighted by atomic mass is 16.5. The molecule has 0 saturated heterocycles. The highest BCUT2D eigenvalue weighted by Crippen LogP contribution is 2.39. The van der Waals surface area contributed by atoms with Crippen LogP contribution in [0.3, 0.4) is 0 Å². The maximum absolute atomic E-state index is 9.58. The predicted molar refractivity (Wildman–Crippen MR) is 55.5 cm³/mol. The third-order valence-electron chi connectivity index (χ3n) is 2.57. The molecule has 14 heavy (non-hydrogen) atoms. The van der Waals surface area contributed by atoms with Crippen molar-refractivity contribution < 1.29 is 9.84 Å². The van der Waals surface area contributed by atoms with Gasteiger partial charge in [-0.15, -0.1) is 0 Å². The summed E-state index contributed by atoms with van der Waals surface area (Å²) in [5.74, 6) is 0.882. The van der Waals surface area contributed by atoms with Crippen LogP contribution < -0.4 is 4.74 Å². The number of aliphatic hydroxyl groups excluding tert-OH is 1. The molecule has 1 aromatic carbocycles. The Balaban J connectivity index is 2.46. The maximum atomic E-state index is 9.58. The molecular weight excluding hydrogens is 176 g/mol. The van der Waals surface area contributed by atoms with Crippen LogP contribution in [-0.2, 0) is 6.42 Å². The molecule has 1 aliphatic rings. The molecule has 0 aliphatic carbocycles. The Bertz CT molecular complexity index is 353. The van der Waals surface area contributed by atoms with Gasteiger partial charge in [0.1, 0.15) is 11.4 Å². The second-order valence-corrected chi connectivity index (χ2v) is 4.55. The fraction of sp³-hybridized carbons (Fsp3) is 0.500. The maximum Gasteiger partial charge on any atom is 0.129 e. The first kappa shape index (κ1) is 9.53. The molecule has 1 aliphatic heterocycles. The molecule has 76 valence electrons. The molecule has 2 heteroatoms. The van der Waals surface area contributed by atoms with Crippen molar-refractivity contribution in [3.8, 4) is 5.75 Å². The molecule has 0 spiro atoms. The van der Waals surface area contributed by atoms with E-state index < -0.39 is 6.10 Å². The summed E-state index contributed by atoms with van der Waals surface area (Å²) >= 11 is 0. The zero-order valence-electron chi connectivity index (χ0n) is 8.87. The van der Waals surface area contributed by atoms with Gasteiger partial charge in [-0.05, 0) is 26.3 Å². The molecule has 0 radical (unpaired) electrons. The monoisotopic (exact) mass is 192 g/mol. The average molecular weight is 192 g/mol. The van der Waals surface area contributed by atoms with Crippen molar-refractivity contribution in [3.05, 3.63) is 29.3 Å². The summed E-state index contributed by atoms with van der Waals surface area (Å²) in [4.78, 5) is 0. The second-order valence-electron chi connectivity index (χ2n) is 4.55. The zero-order valence-corrected chi connectivity index (χ0v) is 8.87. The summed E-state index contributed by atoms with van der Waals surface area (Å²) in [6.07, 6.45) is 0.460. The number of rotatable bonds is 1. The van der Waals surface area contributed by atoms with Gasteiger partial charge in [-0.1, -0.05) is 18.2 Å².